The van der Waals surface area contributed by atoms with Gasteiger partial charge in [0, 0.05) is 13.1 Å². The minimum Gasteiger partial charge on any atom is -0.492 e. The first kappa shape index (κ1) is 18.5. The normalized spacial score (nSPS) is 10.3. The molecule has 0 saturated carbocycles. The monoisotopic (exact) mass is 341 g/mol. The van der Waals surface area contributed by atoms with Gasteiger partial charge in [-0.15, -0.1) is 0 Å². The Morgan fingerprint density at radius 3 is 2.32 bits per heavy atom. The minimum atomic E-state index is -0.497. The van der Waals surface area contributed by atoms with Crippen molar-refractivity contribution in [2.75, 3.05) is 26.7 Å². The summed E-state index contributed by atoms with van der Waals surface area (Å²) in [6.45, 7) is 1.54. The fourth-order valence-corrected chi connectivity index (χ4v) is 2.15. The van der Waals surface area contributed by atoms with E-state index in [-0.39, 0.29) is 12.5 Å². The highest BCUT2D eigenvalue weighted by molar-refractivity contribution is 5.95. The summed E-state index contributed by atoms with van der Waals surface area (Å²) in [5.74, 6) is 0.438. The van der Waals surface area contributed by atoms with Gasteiger partial charge in [0.05, 0.1) is 6.54 Å². The highest BCUT2D eigenvalue weighted by atomic mass is 16.5. The number of urea groups is 1. The van der Waals surface area contributed by atoms with Gasteiger partial charge < -0.3 is 10.1 Å². The average Bonchev–Trinajstić information content (AvgIpc) is 2.61. The molecule has 2 aromatic carbocycles. The number of imide groups is 1. The lowest BCUT2D eigenvalue weighted by Crippen LogP contribution is -2.44. The van der Waals surface area contributed by atoms with E-state index in [0.717, 1.165) is 11.3 Å². The number of amides is 3. The van der Waals surface area contributed by atoms with Gasteiger partial charge in [-0.3, -0.25) is 15.0 Å². The molecule has 6 nitrogen and oxygen atoms in total. The number of benzene rings is 2. The van der Waals surface area contributed by atoms with Gasteiger partial charge in [-0.05, 0) is 24.7 Å². The zero-order valence-electron chi connectivity index (χ0n) is 14.3. The topological polar surface area (TPSA) is 70.7 Å². The third-order valence-electron chi connectivity index (χ3n) is 3.45. The third-order valence-corrected chi connectivity index (χ3v) is 3.45. The molecule has 0 atom stereocenters. The highest BCUT2D eigenvalue weighted by Gasteiger charge is 2.10. The molecular formula is C19H23N3O3. The second-order valence-electron chi connectivity index (χ2n) is 5.62. The molecule has 2 N–H and O–H groups in total. The van der Waals surface area contributed by atoms with Crippen LogP contribution in [0.5, 0.6) is 5.75 Å². The number of ether oxygens (including phenoxy) is 1. The number of nitrogens with zero attached hydrogens (tertiary/aromatic N) is 1. The molecule has 0 fully saturated rings. The Balaban J connectivity index is 1.61. The second-order valence-corrected chi connectivity index (χ2v) is 5.62. The van der Waals surface area contributed by atoms with Crippen LogP contribution in [0.15, 0.2) is 60.7 Å². The number of carbonyl (C=O) groups is 2. The molecule has 132 valence electrons. The van der Waals surface area contributed by atoms with Gasteiger partial charge in [0.1, 0.15) is 12.4 Å². The molecule has 0 aromatic heterocycles. The molecule has 0 saturated heterocycles. The lowest BCUT2D eigenvalue weighted by molar-refractivity contribution is -0.120. The predicted molar refractivity (Wildman–Crippen MR) is 96.3 cm³/mol. The van der Waals surface area contributed by atoms with Gasteiger partial charge in [0.15, 0.2) is 0 Å². The quantitative estimate of drug-likeness (QED) is 0.771. The maximum atomic E-state index is 11.9. The summed E-state index contributed by atoms with van der Waals surface area (Å²) in [7, 11) is 1.80. The summed E-state index contributed by atoms with van der Waals surface area (Å²) in [4.78, 5) is 25.4. The van der Waals surface area contributed by atoms with Gasteiger partial charge >= 0.3 is 6.03 Å². The number of rotatable bonds is 8. The van der Waals surface area contributed by atoms with Crippen molar-refractivity contribution in [3.8, 4) is 5.75 Å². The molecule has 3 amide bonds. The highest BCUT2D eigenvalue weighted by Crippen LogP contribution is 2.07. The number of para-hydroxylation sites is 1. The van der Waals surface area contributed by atoms with Gasteiger partial charge in [0.25, 0.3) is 0 Å². The number of hydrogen-bond donors (Lipinski definition) is 2. The Kier molecular flexibility index (Phi) is 7.46. The van der Waals surface area contributed by atoms with E-state index in [0.29, 0.717) is 19.7 Å². The molecule has 0 aliphatic rings. The van der Waals surface area contributed by atoms with Gasteiger partial charge in [0.2, 0.25) is 5.91 Å². The van der Waals surface area contributed by atoms with Crippen LogP contribution in [0.4, 0.5) is 4.79 Å². The third kappa shape index (κ3) is 7.50. The first-order chi connectivity index (χ1) is 12.1. The molecule has 2 rings (SSSR count). The Morgan fingerprint density at radius 1 is 1.00 bits per heavy atom. The molecule has 0 unspecified atom stereocenters. The number of nitrogens with one attached hydrogen (secondary N) is 2. The summed E-state index contributed by atoms with van der Waals surface area (Å²) in [5.41, 5.74) is 0.972. The molecular weight excluding hydrogens is 318 g/mol. The Morgan fingerprint density at radius 2 is 1.64 bits per heavy atom. The second kappa shape index (κ2) is 10.1. The molecule has 2 aromatic rings. The van der Waals surface area contributed by atoms with Crippen molar-refractivity contribution >= 4 is 11.9 Å². The SMILES string of the molecule is CN(CCOc1ccccc1)CC(=O)NC(=O)NCc1ccccc1. The summed E-state index contributed by atoms with van der Waals surface area (Å²) < 4.78 is 5.57. The van der Waals surface area contributed by atoms with Gasteiger partial charge in [-0.2, -0.15) is 0 Å². The smallest absolute Gasteiger partial charge is 0.321 e. The lowest BCUT2D eigenvalue weighted by Gasteiger charge is -2.16. The zero-order valence-corrected chi connectivity index (χ0v) is 14.3. The van der Waals surface area contributed by atoms with Gasteiger partial charge in [-0.1, -0.05) is 48.5 Å². The number of likely N-dealkylation sites (N-methyl/N-ethyl adjacent to an activating group) is 1. The number of carbonyl (C=O) groups excluding carboxylic acids is 2. The Hall–Kier alpha value is -2.86. The van der Waals surface area contributed by atoms with E-state index in [1.54, 1.807) is 11.9 Å². The molecule has 0 bridgehead atoms. The van der Waals surface area contributed by atoms with Crippen molar-refractivity contribution in [2.45, 2.75) is 6.54 Å². The molecule has 25 heavy (non-hydrogen) atoms. The van der Waals surface area contributed by atoms with Crippen molar-refractivity contribution in [2.24, 2.45) is 0 Å². The van der Waals surface area contributed by atoms with E-state index in [1.165, 1.54) is 0 Å². The van der Waals surface area contributed by atoms with Crippen LogP contribution in [0, 0.1) is 0 Å². The maximum Gasteiger partial charge on any atom is 0.321 e. The Labute approximate surface area is 147 Å². The molecule has 0 aliphatic heterocycles. The number of hydrogen-bond acceptors (Lipinski definition) is 4. The summed E-state index contributed by atoms with van der Waals surface area (Å²) in [5, 5.41) is 4.97. The summed E-state index contributed by atoms with van der Waals surface area (Å²) in [6, 6.07) is 18.5. The fourth-order valence-electron chi connectivity index (χ4n) is 2.15. The van der Waals surface area contributed by atoms with Crippen LogP contribution in [0.25, 0.3) is 0 Å². The van der Waals surface area contributed by atoms with Crippen molar-refractivity contribution in [3.63, 3.8) is 0 Å². The van der Waals surface area contributed by atoms with E-state index in [2.05, 4.69) is 10.6 Å². The van der Waals surface area contributed by atoms with E-state index in [1.807, 2.05) is 60.7 Å². The first-order valence-electron chi connectivity index (χ1n) is 8.11. The summed E-state index contributed by atoms with van der Waals surface area (Å²) >= 11 is 0. The van der Waals surface area contributed by atoms with Crippen molar-refractivity contribution in [1.29, 1.82) is 0 Å². The van der Waals surface area contributed by atoms with Crippen LogP contribution in [-0.2, 0) is 11.3 Å². The summed E-state index contributed by atoms with van der Waals surface area (Å²) in [6.07, 6.45) is 0. The van der Waals surface area contributed by atoms with Crippen LogP contribution in [0.3, 0.4) is 0 Å². The van der Waals surface area contributed by atoms with Crippen molar-refractivity contribution in [3.05, 3.63) is 66.2 Å². The largest absolute Gasteiger partial charge is 0.492 e. The predicted octanol–water partition coefficient (Wildman–Crippen LogP) is 2.02. The average molecular weight is 341 g/mol. The van der Waals surface area contributed by atoms with E-state index in [4.69, 9.17) is 4.74 Å². The lowest BCUT2D eigenvalue weighted by atomic mass is 10.2. The molecule has 0 aliphatic carbocycles. The van der Waals surface area contributed by atoms with Crippen molar-refractivity contribution < 1.29 is 14.3 Å². The van der Waals surface area contributed by atoms with Crippen LogP contribution in [0.1, 0.15) is 5.56 Å². The molecule has 0 heterocycles. The van der Waals surface area contributed by atoms with E-state index < -0.39 is 6.03 Å². The Bertz CT molecular complexity index is 662. The molecule has 6 heteroatoms. The maximum absolute atomic E-state index is 11.9. The first-order valence-corrected chi connectivity index (χ1v) is 8.11. The zero-order chi connectivity index (χ0) is 17.9. The standard InChI is InChI=1S/C19H23N3O3/c1-22(12-13-25-17-10-6-3-7-11-17)15-18(23)21-19(24)20-14-16-8-4-2-5-9-16/h2-11H,12-15H2,1H3,(H2,20,21,23,24). The minimum absolute atomic E-state index is 0.122. The van der Waals surface area contributed by atoms with Crippen LogP contribution < -0.4 is 15.4 Å². The van der Waals surface area contributed by atoms with Crippen LogP contribution in [-0.4, -0.2) is 43.6 Å². The van der Waals surface area contributed by atoms with Crippen LogP contribution >= 0.6 is 0 Å². The fraction of sp³-hybridized carbons (Fsp3) is 0.263. The van der Waals surface area contributed by atoms with Crippen molar-refractivity contribution in [1.82, 2.24) is 15.5 Å². The molecule has 0 radical (unpaired) electrons. The van der Waals surface area contributed by atoms with E-state index >= 15 is 0 Å². The van der Waals surface area contributed by atoms with E-state index in [9.17, 15) is 9.59 Å². The molecule has 0 spiro atoms. The van der Waals surface area contributed by atoms with Gasteiger partial charge in [-0.25, -0.2) is 4.79 Å². The van der Waals surface area contributed by atoms with Crippen LogP contribution in [0.2, 0.25) is 0 Å².